The van der Waals surface area contributed by atoms with Gasteiger partial charge in [0.2, 0.25) is 10.0 Å². The summed E-state index contributed by atoms with van der Waals surface area (Å²) in [4.78, 5) is 13.8. The van der Waals surface area contributed by atoms with Crippen LogP contribution in [-0.4, -0.2) is 58.1 Å². The van der Waals surface area contributed by atoms with Crippen LogP contribution in [0.1, 0.15) is 42.5 Å². The Hall–Kier alpha value is -1.65. The molecule has 1 aliphatic carbocycles. The molecule has 0 heterocycles. The maximum absolute atomic E-state index is 12.4. The zero-order valence-corrected chi connectivity index (χ0v) is 16.6. The van der Waals surface area contributed by atoms with E-state index in [1.165, 1.54) is 37.5 Å². The zero-order chi connectivity index (χ0) is 20.8. The van der Waals surface area contributed by atoms with Gasteiger partial charge in [0.05, 0.1) is 4.90 Å². The summed E-state index contributed by atoms with van der Waals surface area (Å²) in [5, 5.41) is 1.73. The van der Waals surface area contributed by atoms with Crippen LogP contribution in [0, 0.1) is 0 Å². The van der Waals surface area contributed by atoms with Gasteiger partial charge in [-0.15, -0.1) is 0 Å². The Morgan fingerprint density at radius 2 is 1.89 bits per heavy atom. The Morgan fingerprint density at radius 1 is 1.21 bits per heavy atom. The summed E-state index contributed by atoms with van der Waals surface area (Å²) in [6, 6.07) is 5.42. The molecule has 0 saturated heterocycles. The highest BCUT2D eigenvalue weighted by Gasteiger charge is 2.28. The van der Waals surface area contributed by atoms with Gasteiger partial charge in [0.15, 0.2) is 0 Å². The van der Waals surface area contributed by atoms with Gasteiger partial charge in [0.1, 0.15) is 6.54 Å². The van der Waals surface area contributed by atoms with Gasteiger partial charge >= 0.3 is 6.18 Å². The first-order valence-electron chi connectivity index (χ1n) is 9.23. The van der Waals surface area contributed by atoms with Crippen molar-refractivity contribution in [3.63, 3.8) is 0 Å². The van der Waals surface area contributed by atoms with E-state index in [0.29, 0.717) is 12.6 Å². The molecule has 1 aromatic carbocycles. The molecule has 0 unspecified atom stereocenters. The maximum atomic E-state index is 12.4. The monoisotopic (exact) mass is 421 g/mol. The van der Waals surface area contributed by atoms with Gasteiger partial charge in [0, 0.05) is 24.7 Å². The Balaban J connectivity index is 1.92. The summed E-state index contributed by atoms with van der Waals surface area (Å²) < 4.78 is 64.0. The number of halogens is 3. The first kappa shape index (κ1) is 22.6. The molecule has 0 bridgehead atoms. The molecule has 1 saturated carbocycles. The molecule has 1 amide bonds. The van der Waals surface area contributed by atoms with E-state index in [2.05, 4.69) is 9.62 Å². The van der Waals surface area contributed by atoms with Crippen molar-refractivity contribution < 1.29 is 26.4 Å². The predicted molar refractivity (Wildman–Crippen MR) is 99.5 cm³/mol. The van der Waals surface area contributed by atoms with Crippen LogP contribution in [0.5, 0.6) is 0 Å². The van der Waals surface area contributed by atoms with Gasteiger partial charge in [-0.3, -0.25) is 4.79 Å². The fourth-order valence-corrected chi connectivity index (χ4v) is 4.30. The molecule has 158 valence electrons. The van der Waals surface area contributed by atoms with Crippen LogP contribution in [0.3, 0.4) is 0 Å². The SMILES string of the molecule is CN(CCNS(=O)(=O)c1cccc(C(=O)NCC(F)(F)F)c1)C1CCCCC1. The number of nitrogens with zero attached hydrogens (tertiary/aromatic N) is 1. The number of carbonyl (C=O) groups is 1. The molecule has 10 heteroatoms. The number of carbonyl (C=O) groups excluding carboxylic acids is 1. The molecule has 1 aliphatic rings. The molecule has 2 rings (SSSR count). The van der Waals surface area contributed by atoms with Crippen LogP contribution in [0.4, 0.5) is 13.2 Å². The number of nitrogens with one attached hydrogen (secondary N) is 2. The molecule has 2 N–H and O–H groups in total. The first-order chi connectivity index (χ1) is 13.1. The van der Waals surface area contributed by atoms with Gasteiger partial charge in [-0.1, -0.05) is 25.3 Å². The molecule has 1 fully saturated rings. The van der Waals surface area contributed by atoms with Crippen LogP contribution < -0.4 is 10.0 Å². The molecule has 0 radical (unpaired) electrons. The number of sulfonamides is 1. The highest BCUT2D eigenvalue weighted by atomic mass is 32.2. The third-order valence-corrected chi connectivity index (χ3v) is 6.27. The van der Waals surface area contributed by atoms with Crippen molar-refractivity contribution in [1.82, 2.24) is 14.9 Å². The van der Waals surface area contributed by atoms with Crippen molar-refractivity contribution in [3.8, 4) is 0 Å². The third-order valence-electron chi connectivity index (χ3n) is 4.81. The normalized spacial score (nSPS) is 16.3. The fraction of sp³-hybridized carbons (Fsp3) is 0.611. The van der Waals surface area contributed by atoms with E-state index in [0.717, 1.165) is 18.9 Å². The van der Waals surface area contributed by atoms with E-state index >= 15 is 0 Å². The minimum atomic E-state index is -4.54. The lowest BCUT2D eigenvalue weighted by atomic mass is 9.94. The molecule has 0 spiro atoms. The highest BCUT2D eigenvalue weighted by Crippen LogP contribution is 2.21. The van der Waals surface area contributed by atoms with Crippen LogP contribution >= 0.6 is 0 Å². The van der Waals surface area contributed by atoms with E-state index < -0.39 is 28.7 Å². The molecule has 0 aromatic heterocycles. The van der Waals surface area contributed by atoms with E-state index in [1.54, 1.807) is 5.32 Å². The lowest BCUT2D eigenvalue weighted by molar-refractivity contribution is -0.123. The second-order valence-corrected chi connectivity index (χ2v) is 8.76. The number of hydrogen-bond acceptors (Lipinski definition) is 4. The van der Waals surface area contributed by atoms with Gasteiger partial charge in [0.25, 0.3) is 5.91 Å². The number of amides is 1. The molecule has 0 atom stereocenters. The Bertz CT molecular complexity index is 763. The smallest absolute Gasteiger partial charge is 0.343 e. The fourth-order valence-electron chi connectivity index (χ4n) is 3.23. The van der Waals surface area contributed by atoms with E-state index in [4.69, 9.17) is 0 Å². The second kappa shape index (κ2) is 9.71. The van der Waals surface area contributed by atoms with Gasteiger partial charge in [-0.25, -0.2) is 13.1 Å². The summed E-state index contributed by atoms with van der Waals surface area (Å²) in [5.41, 5.74) is -0.147. The molecule has 6 nitrogen and oxygen atoms in total. The van der Waals surface area contributed by atoms with Gasteiger partial charge < -0.3 is 10.2 Å². The van der Waals surface area contributed by atoms with Gasteiger partial charge in [-0.05, 0) is 38.1 Å². The average molecular weight is 421 g/mol. The summed E-state index contributed by atoms with van der Waals surface area (Å²) in [5.74, 6) is -0.980. The van der Waals surface area contributed by atoms with Crippen molar-refractivity contribution in [3.05, 3.63) is 29.8 Å². The molecule has 1 aromatic rings. The first-order valence-corrected chi connectivity index (χ1v) is 10.7. The minimum absolute atomic E-state index is 0.147. The lowest BCUT2D eigenvalue weighted by Crippen LogP contribution is -2.39. The molecular formula is C18H26F3N3O3S. The number of rotatable bonds is 8. The maximum Gasteiger partial charge on any atom is 0.405 e. The minimum Gasteiger partial charge on any atom is -0.343 e. The average Bonchev–Trinajstić information content (AvgIpc) is 2.66. The molecule has 28 heavy (non-hydrogen) atoms. The van der Waals surface area contributed by atoms with E-state index in [-0.39, 0.29) is 17.0 Å². The summed E-state index contributed by atoms with van der Waals surface area (Å²) in [6.07, 6.45) is 1.29. The topological polar surface area (TPSA) is 78.5 Å². The third kappa shape index (κ3) is 7.06. The van der Waals surface area contributed by atoms with Crippen molar-refractivity contribution in [2.45, 2.75) is 49.2 Å². The quantitative estimate of drug-likeness (QED) is 0.676. The van der Waals surface area contributed by atoms with Crippen molar-refractivity contribution >= 4 is 15.9 Å². The van der Waals surface area contributed by atoms with Crippen molar-refractivity contribution in [2.75, 3.05) is 26.7 Å². The van der Waals surface area contributed by atoms with Crippen LogP contribution in [0.25, 0.3) is 0 Å². The number of hydrogen-bond donors (Lipinski definition) is 2. The van der Waals surface area contributed by atoms with Crippen molar-refractivity contribution in [2.24, 2.45) is 0 Å². The standard InChI is InChI=1S/C18H26F3N3O3S/c1-24(15-7-3-2-4-8-15)11-10-23-28(26,27)16-9-5-6-14(12-16)17(25)22-13-18(19,20)21/h5-6,9,12,15,23H,2-4,7-8,10-11,13H2,1H3,(H,22,25). The highest BCUT2D eigenvalue weighted by molar-refractivity contribution is 7.89. The largest absolute Gasteiger partial charge is 0.405 e. The van der Waals surface area contributed by atoms with Crippen LogP contribution in [-0.2, 0) is 10.0 Å². The Labute approximate surface area is 163 Å². The van der Waals surface area contributed by atoms with Crippen LogP contribution in [0.15, 0.2) is 29.2 Å². The van der Waals surface area contributed by atoms with Crippen LogP contribution in [0.2, 0.25) is 0 Å². The predicted octanol–water partition coefficient (Wildman–Crippen LogP) is 2.52. The summed E-state index contributed by atoms with van der Waals surface area (Å²) >= 11 is 0. The van der Waals surface area contributed by atoms with E-state index in [1.807, 2.05) is 7.05 Å². The van der Waals surface area contributed by atoms with Gasteiger partial charge in [-0.2, -0.15) is 13.2 Å². The van der Waals surface area contributed by atoms with E-state index in [9.17, 15) is 26.4 Å². The lowest BCUT2D eigenvalue weighted by Gasteiger charge is -2.31. The summed E-state index contributed by atoms with van der Waals surface area (Å²) in [6.45, 7) is -0.718. The molecule has 0 aliphatic heterocycles. The number of benzene rings is 1. The Kier molecular flexibility index (Phi) is 7.85. The number of likely N-dealkylation sites (N-methyl/N-ethyl adjacent to an activating group) is 1. The second-order valence-electron chi connectivity index (χ2n) is 7.00. The number of alkyl halides is 3. The Morgan fingerprint density at radius 3 is 2.54 bits per heavy atom. The van der Waals surface area contributed by atoms with Crippen molar-refractivity contribution in [1.29, 1.82) is 0 Å². The summed E-state index contributed by atoms with van der Waals surface area (Å²) in [7, 11) is -1.90. The zero-order valence-electron chi connectivity index (χ0n) is 15.8. The molecular weight excluding hydrogens is 395 g/mol.